The van der Waals surface area contributed by atoms with Crippen LogP contribution in [0.2, 0.25) is 0 Å². The molecule has 0 aliphatic carbocycles. The van der Waals surface area contributed by atoms with Gasteiger partial charge < -0.3 is 5.32 Å². The molecular formula is C12H15BrFNO. The first kappa shape index (κ1) is 13.2. The van der Waals surface area contributed by atoms with E-state index < -0.39 is 5.82 Å². The van der Waals surface area contributed by atoms with Gasteiger partial charge in [0.05, 0.1) is 5.56 Å². The molecule has 0 fully saturated rings. The molecular weight excluding hydrogens is 273 g/mol. The normalized spacial score (nSPS) is 12.6. The molecule has 0 aromatic heterocycles. The molecule has 2 nitrogen and oxygen atoms in total. The third-order valence-electron chi connectivity index (χ3n) is 2.53. The summed E-state index contributed by atoms with van der Waals surface area (Å²) in [5, 5.41) is 2.76. The maximum atomic E-state index is 13.4. The molecule has 0 aliphatic heterocycles. The van der Waals surface area contributed by atoms with E-state index in [0.29, 0.717) is 10.4 Å². The smallest absolute Gasteiger partial charge is 0.254 e. The quantitative estimate of drug-likeness (QED) is 0.907. The Morgan fingerprint density at radius 3 is 2.56 bits per heavy atom. The number of hydrogen-bond acceptors (Lipinski definition) is 1. The molecule has 1 amide bonds. The molecule has 1 rings (SSSR count). The fourth-order valence-corrected chi connectivity index (χ4v) is 1.48. The molecule has 0 radical (unpaired) electrons. The van der Waals surface area contributed by atoms with E-state index in [4.69, 9.17) is 0 Å². The van der Waals surface area contributed by atoms with Gasteiger partial charge in [0.15, 0.2) is 0 Å². The predicted molar refractivity (Wildman–Crippen MR) is 65.9 cm³/mol. The molecule has 4 heteroatoms. The van der Waals surface area contributed by atoms with Crippen molar-refractivity contribution in [2.24, 2.45) is 5.92 Å². The number of benzene rings is 1. The second kappa shape index (κ2) is 5.43. The monoisotopic (exact) mass is 287 g/mol. The number of carbonyl (C=O) groups is 1. The van der Waals surface area contributed by atoms with Gasteiger partial charge in [-0.3, -0.25) is 4.79 Å². The van der Waals surface area contributed by atoms with E-state index in [1.165, 1.54) is 12.1 Å². The van der Waals surface area contributed by atoms with E-state index in [1.807, 2.05) is 20.8 Å². The molecule has 0 spiro atoms. The van der Waals surface area contributed by atoms with Crippen molar-refractivity contribution in [3.63, 3.8) is 0 Å². The topological polar surface area (TPSA) is 29.1 Å². The largest absolute Gasteiger partial charge is 0.349 e. The number of rotatable bonds is 3. The first-order valence-corrected chi connectivity index (χ1v) is 5.97. The van der Waals surface area contributed by atoms with Gasteiger partial charge in [-0.25, -0.2) is 4.39 Å². The second-order valence-electron chi connectivity index (χ2n) is 4.13. The zero-order valence-electron chi connectivity index (χ0n) is 9.55. The molecule has 1 aromatic carbocycles. The van der Waals surface area contributed by atoms with E-state index in [2.05, 4.69) is 21.2 Å². The highest BCUT2D eigenvalue weighted by atomic mass is 79.9. The van der Waals surface area contributed by atoms with E-state index in [1.54, 1.807) is 6.07 Å². The van der Waals surface area contributed by atoms with Crippen LogP contribution in [0, 0.1) is 11.7 Å². The van der Waals surface area contributed by atoms with Gasteiger partial charge in [-0.05, 0) is 31.0 Å². The molecule has 0 saturated carbocycles. The molecule has 1 atom stereocenters. The maximum Gasteiger partial charge on any atom is 0.254 e. The van der Waals surface area contributed by atoms with Crippen LogP contribution in [-0.4, -0.2) is 11.9 Å². The van der Waals surface area contributed by atoms with E-state index >= 15 is 0 Å². The number of halogens is 2. The average molecular weight is 288 g/mol. The Morgan fingerprint density at radius 2 is 2.00 bits per heavy atom. The van der Waals surface area contributed by atoms with Crippen LogP contribution in [0.1, 0.15) is 31.1 Å². The number of nitrogens with one attached hydrogen (secondary N) is 1. The minimum Gasteiger partial charge on any atom is -0.349 e. The summed E-state index contributed by atoms with van der Waals surface area (Å²) in [7, 11) is 0. The summed E-state index contributed by atoms with van der Waals surface area (Å²) in [6.07, 6.45) is 0. The Labute approximate surface area is 103 Å². The summed E-state index contributed by atoms with van der Waals surface area (Å²) in [6.45, 7) is 5.91. The minimum atomic E-state index is -0.503. The zero-order chi connectivity index (χ0) is 12.3. The van der Waals surface area contributed by atoms with Gasteiger partial charge in [0.2, 0.25) is 0 Å². The molecule has 1 unspecified atom stereocenters. The van der Waals surface area contributed by atoms with Crippen molar-refractivity contribution in [3.8, 4) is 0 Å². The van der Waals surface area contributed by atoms with Crippen LogP contribution in [0.5, 0.6) is 0 Å². The fourth-order valence-electron chi connectivity index (χ4n) is 1.12. The van der Waals surface area contributed by atoms with Crippen LogP contribution in [0.25, 0.3) is 0 Å². The van der Waals surface area contributed by atoms with E-state index in [-0.39, 0.29) is 17.5 Å². The lowest BCUT2D eigenvalue weighted by atomic mass is 10.1. The van der Waals surface area contributed by atoms with Crippen LogP contribution >= 0.6 is 15.9 Å². The molecule has 0 heterocycles. The fraction of sp³-hybridized carbons (Fsp3) is 0.417. The molecule has 0 saturated heterocycles. The van der Waals surface area contributed by atoms with E-state index in [0.717, 1.165) is 0 Å². The zero-order valence-corrected chi connectivity index (χ0v) is 11.1. The SMILES string of the molecule is CC(C)C(C)NC(=O)c1cc(Br)ccc1F. The van der Waals surface area contributed by atoms with Crippen molar-refractivity contribution in [1.82, 2.24) is 5.32 Å². The van der Waals surface area contributed by atoms with Crippen molar-refractivity contribution in [2.75, 3.05) is 0 Å². The van der Waals surface area contributed by atoms with Crippen LogP contribution in [0.4, 0.5) is 4.39 Å². The van der Waals surface area contributed by atoms with Crippen LogP contribution in [-0.2, 0) is 0 Å². The highest BCUT2D eigenvalue weighted by Gasteiger charge is 2.15. The number of carbonyl (C=O) groups excluding carboxylic acids is 1. The molecule has 0 aliphatic rings. The Hall–Kier alpha value is -0.900. The Balaban J connectivity index is 2.84. The Kier molecular flexibility index (Phi) is 4.47. The predicted octanol–water partition coefficient (Wildman–Crippen LogP) is 3.36. The summed E-state index contributed by atoms with van der Waals surface area (Å²) < 4.78 is 14.1. The first-order valence-electron chi connectivity index (χ1n) is 5.17. The van der Waals surface area contributed by atoms with Gasteiger partial charge >= 0.3 is 0 Å². The first-order chi connectivity index (χ1) is 7.41. The van der Waals surface area contributed by atoms with Crippen molar-refractivity contribution < 1.29 is 9.18 Å². The summed E-state index contributed by atoms with van der Waals surface area (Å²) in [4.78, 5) is 11.8. The minimum absolute atomic E-state index is 0.0193. The summed E-state index contributed by atoms with van der Waals surface area (Å²) in [6, 6.07) is 4.35. The molecule has 16 heavy (non-hydrogen) atoms. The van der Waals surface area contributed by atoms with Gasteiger partial charge in [-0.2, -0.15) is 0 Å². The third-order valence-corrected chi connectivity index (χ3v) is 3.03. The molecule has 0 bridgehead atoms. The highest BCUT2D eigenvalue weighted by Crippen LogP contribution is 2.16. The van der Waals surface area contributed by atoms with Gasteiger partial charge in [-0.1, -0.05) is 29.8 Å². The number of hydrogen-bond donors (Lipinski definition) is 1. The number of amides is 1. The maximum absolute atomic E-state index is 13.4. The van der Waals surface area contributed by atoms with Crippen LogP contribution in [0.3, 0.4) is 0 Å². The molecule has 1 aromatic rings. The average Bonchev–Trinajstić information content (AvgIpc) is 2.21. The lowest BCUT2D eigenvalue weighted by molar-refractivity contribution is 0.0926. The van der Waals surface area contributed by atoms with Gasteiger partial charge in [0, 0.05) is 10.5 Å². The molecule has 88 valence electrons. The summed E-state index contributed by atoms with van der Waals surface area (Å²) in [5.74, 6) is -0.559. The van der Waals surface area contributed by atoms with Gasteiger partial charge in [0.1, 0.15) is 5.82 Å². The summed E-state index contributed by atoms with van der Waals surface area (Å²) in [5.41, 5.74) is 0.0712. The van der Waals surface area contributed by atoms with Crippen molar-refractivity contribution >= 4 is 21.8 Å². The standard InChI is InChI=1S/C12H15BrFNO/c1-7(2)8(3)15-12(16)10-6-9(13)4-5-11(10)14/h4-8H,1-3H3,(H,15,16). The van der Waals surface area contributed by atoms with Crippen molar-refractivity contribution in [1.29, 1.82) is 0 Å². The Morgan fingerprint density at radius 1 is 1.38 bits per heavy atom. The third kappa shape index (κ3) is 3.30. The van der Waals surface area contributed by atoms with Crippen molar-refractivity contribution in [3.05, 3.63) is 34.1 Å². The van der Waals surface area contributed by atoms with Crippen LogP contribution < -0.4 is 5.32 Å². The van der Waals surface area contributed by atoms with Gasteiger partial charge in [0.25, 0.3) is 5.91 Å². The Bertz CT molecular complexity index is 393. The molecule has 1 N–H and O–H groups in total. The van der Waals surface area contributed by atoms with E-state index in [9.17, 15) is 9.18 Å². The lowest BCUT2D eigenvalue weighted by Gasteiger charge is -2.17. The summed E-state index contributed by atoms with van der Waals surface area (Å²) >= 11 is 3.21. The van der Waals surface area contributed by atoms with Crippen LogP contribution in [0.15, 0.2) is 22.7 Å². The lowest BCUT2D eigenvalue weighted by Crippen LogP contribution is -2.36. The highest BCUT2D eigenvalue weighted by molar-refractivity contribution is 9.10. The second-order valence-corrected chi connectivity index (χ2v) is 5.05. The van der Waals surface area contributed by atoms with Gasteiger partial charge in [-0.15, -0.1) is 0 Å². The van der Waals surface area contributed by atoms with Crippen molar-refractivity contribution in [2.45, 2.75) is 26.8 Å².